The van der Waals surface area contributed by atoms with Crippen molar-refractivity contribution in [2.75, 3.05) is 18.5 Å². The van der Waals surface area contributed by atoms with E-state index in [0.717, 1.165) is 17.9 Å². The van der Waals surface area contributed by atoms with Crippen LogP contribution < -0.4 is 4.90 Å². The Hall–Kier alpha value is -1.09. The number of hydrogen-bond acceptors (Lipinski definition) is 3. The SMILES string of the molecule is CCC(C)CN(C)c1cc([C@@H](C)O)ccn1. The molecule has 1 heterocycles. The smallest absolute Gasteiger partial charge is 0.128 e. The van der Waals surface area contributed by atoms with Crippen LogP contribution in [0.25, 0.3) is 0 Å². The van der Waals surface area contributed by atoms with E-state index in [-0.39, 0.29) is 0 Å². The van der Waals surface area contributed by atoms with Crippen LogP contribution in [0, 0.1) is 5.92 Å². The van der Waals surface area contributed by atoms with Gasteiger partial charge in [-0.25, -0.2) is 4.98 Å². The molecule has 1 aromatic rings. The van der Waals surface area contributed by atoms with E-state index >= 15 is 0 Å². The molecule has 0 aliphatic rings. The van der Waals surface area contributed by atoms with Gasteiger partial charge >= 0.3 is 0 Å². The van der Waals surface area contributed by atoms with Crippen LogP contribution in [0.2, 0.25) is 0 Å². The lowest BCUT2D eigenvalue weighted by atomic mass is 10.1. The van der Waals surface area contributed by atoms with Gasteiger partial charge in [0.15, 0.2) is 0 Å². The van der Waals surface area contributed by atoms with Gasteiger partial charge < -0.3 is 10.0 Å². The first-order valence-electron chi connectivity index (χ1n) is 5.89. The number of pyridine rings is 1. The molecule has 0 saturated carbocycles. The van der Waals surface area contributed by atoms with E-state index in [9.17, 15) is 5.11 Å². The summed E-state index contributed by atoms with van der Waals surface area (Å²) in [6.07, 6.45) is 2.49. The Balaban J connectivity index is 2.75. The maximum Gasteiger partial charge on any atom is 0.128 e. The summed E-state index contributed by atoms with van der Waals surface area (Å²) in [7, 11) is 2.04. The van der Waals surface area contributed by atoms with Gasteiger partial charge in [0, 0.05) is 19.8 Å². The van der Waals surface area contributed by atoms with Crippen molar-refractivity contribution in [3.05, 3.63) is 23.9 Å². The number of nitrogens with zero attached hydrogens (tertiary/aromatic N) is 2. The molecule has 3 heteroatoms. The third-order valence-corrected chi connectivity index (χ3v) is 2.93. The quantitative estimate of drug-likeness (QED) is 0.832. The molecule has 0 fully saturated rings. The predicted octanol–water partition coefficient (Wildman–Crippen LogP) is 2.62. The molecule has 0 bridgehead atoms. The Bertz CT molecular complexity index is 325. The lowest BCUT2D eigenvalue weighted by Gasteiger charge is -2.22. The molecule has 2 atom stereocenters. The summed E-state index contributed by atoms with van der Waals surface area (Å²) >= 11 is 0. The normalized spacial score (nSPS) is 14.6. The molecule has 0 spiro atoms. The van der Waals surface area contributed by atoms with E-state index in [4.69, 9.17) is 0 Å². The van der Waals surface area contributed by atoms with Gasteiger partial charge in [0.05, 0.1) is 6.10 Å². The number of rotatable bonds is 5. The monoisotopic (exact) mass is 222 g/mol. The first kappa shape index (κ1) is 13.0. The van der Waals surface area contributed by atoms with Gasteiger partial charge in [-0.1, -0.05) is 20.3 Å². The number of aromatic nitrogens is 1. The van der Waals surface area contributed by atoms with E-state index in [1.54, 1.807) is 13.1 Å². The Labute approximate surface area is 98.1 Å². The van der Waals surface area contributed by atoms with Crippen LogP contribution >= 0.6 is 0 Å². The second-order valence-corrected chi connectivity index (χ2v) is 4.52. The summed E-state index contributed by atoms with van der Waals surface area (Å²) in [6.45, 7) is 7.19. The first-order chi connectivity index (χ1) is 7.54. The zero-order valence-corrected chi connectivity index (χ0v) is 10.6. The molecular weight excluding hydrogens is 200 g/mol. The molecule has 1 N–H and O–H groups in total. The van der Waals surface area contributed by atoms with Gasteiger partial charge in [-0.15, -0.1) is 0 Å². The zero-order chi connectivity index (χ0) is 12.1. The molecule has 16 heavy (non-hydrogen) atoms. The molecule has 0 amide bonds. The molecule has 1 aromatic heterocycles. The highest BCUT2D eigenvalue weighted by Crippen LogP contribution is 2.18. The Morgan fingerprint density at radius 1 is 1.44 bits per heavy atom. The first-order valence-corrected chi connectivity index (χ1v) is 5.89. The highest BCUT2D eigenvalue weighted by Gasteiger charge is 2.08. The molecule has 0 aromatic carbocycles. The van der Waals surface area contributed by atoms with Gasteiger partial charge in [0.25, 0.3) is 0 Å². The largest absolute Gasteiger partial charge is 0.389 e. The zero-order valence-electron chi connectivity index (χ0n) is 10.6. The molecule has 0 radical (unpaired) electrons. The van der Waals surface area contributed by atoms with Crippen LogP contribution in [0.5, 0.6) is 0 Å². The van der Waals surface area contributed by atoms with E-state index < -0.39 is 6.10 Å². The van der Waals surface area contributed by atoms with Crippen LogP contribution in [-0.2, 0) is 0 Å². The van der Waals surface area contributed by atoms with Crippen LogP contribution in [0.1, 0.15) is 38.9 Å². The van der Waals surface area contributed by atoms with Crippen LogP contribution in [0.4, 0.5) is 5.82 Å². The van der Waals surface area contributed by atoms with E-state index in [1.165, 1.54) is 6.42 Å². The van der Waals surface area contributed by atoms with Crippen LogP contribution in [0.15, 0.2) is 18.3 Å². The fourth-order valence-corrected chi connectivity index (χ4v) is 1.59. The summed E-state index contributed by atoms with van der Waals surface area (Å²) in [5.41, 5.74) is 0.918. The number of aliphatic hydroxyl groups is 1. The topological polar surface area (TPSA) is 36.4 Å². The molecular formula is C13H22N2O. The third kappa shape index (κ3) is 3.49. The van der Waals surface area contributed by atoms with E-state index in [0.29, 0.717) is 5.92 Å². The maximum atomic E-state index is 9.51. The lowest BCUT2D eigenvalue weighted by molar-refractivity contribution is 0.199. The van der Waals surface area contributed by atoms with E-state index in [1.807, 2.05) is 19.2 Å². The van der Waals surface area contributed by atoms with Crippen molar-refractivity contribution in [3.8, 4) is 0 Å². The van der Waals surface area contributed by atoms with E-state index in [2.05, 4.69) is 23.7 Å². The Morgan fingerprint density at radius 2 is 2.12 bits per heavy atom. The molecule has 1 unspecified atom stereocenters. The minimum atomic E-state index is -0.432. The fourth-order valence-electron chi connectivity index (χ4n) is 1.59. The molecule has 0 aliphatic carbocycles. The minimum Gasteiger partial charge on any atom is -0.389 e. The molecule has 1 rings (SSSR count). The number of aliphatic hydroxyl groups excluding tert-OH is 1. The maximum absolute atomic E-state index is 9.51. The van der Waals surface area contributed by atoms with Gasteiger partial charge in [-0.2, -0.15) is 0 Å². The molecule has 3 nitrogen and oxygen atoms in total. The van der Waals surface area contributed by atoms with Gasteiger partial charge in [0.2, 0.25) is 0 Å². The van der Waals surface area contributed by atoms with Gasteiger partial charge in [-0.05, 0) is 30.5 Å². The number of hydrogen-bond donors (Lipinski definition) is 1. The average Bonchev–Trinajstić information content (AvgIpc) is 2.28. The average molecular weight is 222 g/mol. The molecule has 0 aliphatic heterocycles. The summed E-state index contributed by atoms with van der Waals surface area (Å²) < 4.78 is 0. The summed E-state index contributed by atoms with van der Waals surface area (Å²) in [6, 6.07) is 3.80. The summed E-state index contributed by atoms with van der Waals surface area (Å²) in [5.74, 6) is 1.58. The molecule has 90 valence electrons. The van der Waals surface area contributed by atoms with Gasteiger partial charge in [-0.3, -0.25) is 0 Å². The van der Waals surface area contributed by atoms with Crippen molar-refractivity contribution in [1.29, 1.82) is 0 Å². The standard InChI is InChI=1S/C13H22N2O/c1-5-10(2)9-15(4)13-8-12(11(3)16)6-7-14-13/h6-8,10-11,16H,5,9H2,1-4H3/t10?,11-/m1/s1. The van der Waals surface area contributed by atoms with Gasteiger partial charge in [0.1, 0.15) is 5.82 Å². The minimum absolute atomic E-state index is 0.432. The van der Waals surface area contributed by atoms with Crippen molar-refractivity contribution >= 4 is 5.82 Å². The van der Waals surface area contributed by atoms with Crippen molar-refractivity contribution in [3.63, 3.8) is 0 Å². The lowest BCUT2D eigenvalue weighted by Crippen LogP contribution is -2.24. The van der Waals surface area contributed by atoms with Crippen molar-refractivity contribution in [1.82, 2.24) is 4.98 Å². The summed E-state index contributed by atoms with van der Waals surface area (Å²) in [4.78, 5) is 6.46. The third-order valence-electron chi connectivity index (χ3n) is 2.93. The second-order valence-electron chi connectivity index (χ2n) is 4.52. The second kappa shape index (κ2) is 5.85. The fraction of sp³-hybridized carbons (Fsp3) is 0.615. The highest BCUT2D eigenvalue weighted by atomic mass is 16.3. The van der Waals surface area contributed by atoms with Crippen molar-refractivity contribution < 1.29 is 5.11 Å². The van der Waals surface area contributed by atoms with Crippen LogP contribution in [-0.4, -0.2) is 23.7 Å². The number of anilines is 1. The highest BCUT2D eigenvalue weighted by molar-refractivity contribution is 5.40. The molecule has 0 saturated heterocycles. The predicted molar refractivity (Wildman–Crippen MR) is 67.6 cm³/mol. The Morgan fingerprint density at radius 3 is 2.69 bits per heavy atom. The summed E-state index contributed by atoms with van der Waals surface area (Å²) in [5, 5.41) is 9.51. The van der Waals surface area contributed by atoms with Crippen molar-refractivity contribution in [2.45, 2.75) is 33.3 Å². The van der Waals surface area contributed by atoms with Crippen molar-refractivity contribution in [2.24, 2.45) is 5.92 Å². The van der Waals surface area contributed by atoms with Crippen LogP contribution in [0.3, 0.4) is 0 Å². The Kier molecular flexibility index (Phi) is 4.74.